The number of nitrogens with one attached hydrogen (secondary N) is 1. The van der Waals surface area contributed by atoms with Crippen LogP contribution in [0.25, 0.3) is 0 Å². The first-order valence-electron chi connectivity index (χ1n) is 7.10. The van der Waals surface area contributed by atoms with Gasteiger partial charge >= 0.3 is 0 Å². The van der Waals surface area contributed by atoms with E-state index >= 15 is 0 Å². The van der Waals surface area contributed by atoms with Crippen molar-refractivity contribution in [1.82, 2.24) is 25.0 Å². The number of carbonyl (C=O) groups is 1. The van der Waals surface area contributed by atoms with Crippen molar-refractivity contribution >= 4 is 5.91 Å². The number of piperidine rings is 1. The SMILES string of the molecule is CCNCC1CCN(C(=O)CCn2cncn2)CC1. The maximum absolute atomic E-state index is 12.1. The molecule has 0 spiro atoms. The Morgan fingerprint density at radius 3 is 2.84 bits per heavy atom. The average Bonchev–Trinajstić information content (AvgIpc) is 2.96. The van der Waals surface area contributed by atoms with Crippen LogP contribution in [-0.4, -0.2) is 51.8 Å². The van der Waals surface area contributed by atoms with Gasteiger partial charge in [0.15, 0.2) is 0 Å². The predicted octanol–water partition coefficient (Wildman–Crippen LogP) is 0.516. The van der Waals surface area contributed by atoms with E-state index in [0.29, 0.717) is 13.0 Å². The Kier molecular flexibility index (Phi) is 5.32. The summed E-state index contributed by atoms with van der Waals surface area (Å²) in [5.74, 6) is 0.955. The predicted molar refractivity (Wildman–Crippen MR) is 72.5 cm³/mol. The highest BCUT2D eigenvalue weighted by Gasteiger charge is 2.22. The zero-order valence-electron chi connectivity index (χ0n) is 11.6. The van der Waals surface area contributed by atoms with Crippen molar-refractivity contribution in [2.75, 3.05) is 26.2 Å². The number of amides is 1. The van der Waals surface area contributed by atoms with Crippen LogP contribution < -0.4 is 5.32 Å². The summed E-state index contributed by atoms with van der Waals surface area (Å²) in [6.07, 6.45) is 5.89. The molecule has 1 aromatic rings. The highest BCUT2D eigenvalue weighted by atomic mass is 16.2. The van der Waals surface area contributed by atoms with Crippen LogP contribution in [0.5, 0.6) is 0 Å². The molecule has 1 N–H and O–H groups in total. The lowest BCUT2D eigenvalue weighted by molar-refractivity contribution is -0.132. The monoisotopic (exact) mass is 265 g/mol. The normalized spacial score (nSPS) is 16.8. The molecule has 1 aliphatic rings. The minimum absolute atomic E-state index is 0.234. The van der Waals surface area contributed by atoms with Gasteiger partial charge in [0.1, 0.15) is 12.7 Å². The average molecular weight is 265 g/mol. The summed E-state index contributed by atoms with van der Waals surface area (Å²) < 4.78 is 1.70. The lowest BCUT2D eigenvalue weighted by Crippen LogP contribution is -2.41. The number of carbonyl (C=O) groups excluding carboxylic acids is 1. The van der Waals surface area contributed by atoms with Crippen molar-refractivity contribution in [3.05, 3.63) is 12.7 Å². The van der Waals surface area contributed by atoms with Gasteiger partial charge in [0.25, 0.3) is 0 Å². The van der Waals surface area contributed by atoms with Gasteiger partial charge < -0.3 is 10.2 Å². The number of nitrogens with zero attached hydrogens (tertiary/aromatic N) is 4. The van der Waals surface area contributed by atoms with Gasteiger partial charge in [0, 0.05) is 19.5 Å². The summed E-state index contributed by atoms with van der Waals surface area (Å²) in [7, 11) is 0. The van der Waals surface area contributed by atoms with E-state index in [9.17, 15) is 4.79 Å². The van der Waals surface area contributed by atoms with Crippen LogP contribution in [0.15, 0.2) is 12.7 Å². The molecule has 0 radical (unpaired) electrons. The number of rotatable bonds is 6. The van der Waals surface area contributed by atoms with E-state index in [1.807, 2.05) is 4.90 Å². The topological polar surface area (TPSA) is 63.1 Å². The Bertz CT molecular complexity index is 370. The van der Waals surface area contributed by atoms with Crippen LogP contribution >= 0.6 is 0 Å². The van der Waals surface area contributed by atoms with Crippen LogP contribution in [-0.2, 0) is 11.3 Å². The molecule has 0 unspecified atom stereocenters. The van der Waals surface area contributed by atoms with E-state index in [-0.39, 0.29) is 5.91 Å². The molecule has 0 atom stereocenters. The molecule has 1 aliphatic heterocycles. The van der Waals surface area contributed by atoms with E-state index in [1.54, 1.807) is 11.0 Å². The number of hydrogen-bond acceptors (Lipinski definition) is 4. The van der Waals surface area contributed by atoms with Crippen molar-refractivity contribution in [2.45, 2.75) is 32.7 Å². The summed E-state index contributed by atoms with van der Waals surface area (Å²) >= 11 is 0. The Morgan fingerprint density at radius 2 is 2.21 bits per heavy atom. The van der Waals surface area contributed by atoms with Gasteiger partial charge in [0.05, 0.1) is 6.54 Å². The molecule has 0 saturated carbocycles. The molecule has 1 fully saturated rings. The highest BCUT2D eigenvalue weighted by Crippen LogP contribution is 2.17. The molecule has 6 nitrogen and oxygen atoms in total. The first-order valence-corrected chi connectivity index (χ1v) is 7.10. The summed E-state index contributed by atoms with van der Waals surface area (Å²) in [4.78, 5) is 17.9. The molecular formula is C13H23N5O. The van der Waals surface area contributed by atoms with Crippen LogP contribution in [0, 0.1) is 5.92 Å². The van der Waals surface area contributed by atoms with Gasteiger partial charge in [-0.25, -0.2) is 4.98 Å². The number of aromatic nitrogens is 3. The fraction of sp³-hybridized carbons (Fsp3) is 0.769. The number of aryl methyl sites for hydroxylation is 1. The Labute approximate surface area is 114 Å². The van der Waals surface area contributed by atoms with Crippen molar-refractivity contribution < 1.29 is 4.79 Å². The minimum atomic E-state index is 0.234. The standard InChI is InChI=1S/C13H23N5O/c1-2-14-9-12-3-6-17(7-4-12)13(19)5-8-18-11-15-10-16-18/h10-12,14H,2-9H2,1H3. The van der Waals surface area contributed by atoms with E-state index < -0.39 is 0 Å². The molecule has 1 aromatic heterocycles. The molecule has 0 bridgehead atoms. The van der Waals surface area contributed by atoms with Gasteiger partial charge in [-0.05, 0) is 31.8 Å². The summed E-state index contributed by atoms with van der Waals surface area (Å²) in [5, 5.41) is 7.39. The largest absolute Gasteiger partial charge is 0.343 e. The van der Waals surface area contributed by atoms with Crippen LogP contribution in [0.2, 0.25) is 0 Å². The Balaban J connectivity index is 1.67. The van der Waals surface area contributed by atoms with E-state index in [2.05, 4.69) is 22.3 Å². The summed E-state index contributed by atoms with van der Waals surface area (Å²) in [6.45, 7) is 6.64. The lowest BCUT2D eigenvalue weighted by Gasteiger charge is -2.32. The third-order valence-corrected chi connectivity index (χ3v) is 3.67. The molecule has 1 amide bonds. The molecular weight excluding hydrogens is 242 g/mol. The van der Waals surface area contributed by atoms with Crippen LogP contribution in [0.3, 0.4) is 0 Å². The lowest BCUT2D eigenvalue weighted by atomic mass is 9.96. The van der Waals surface area contributed by atoms with Gasteiger partial charge in [-0.3, -0.25) is 9.48 Å². The smallest absolute Gasteiger partial charge is 0.224 e. The minimum Gasteiger partial charge on any atom is -0.343 e. The number of hydrogen-bond donors (Lipinski definition) is 1. The van der Waals surface area contributed by atoms with Crippen LogP contribution in [0.1, 0.15) is 26.2 Å². The molecule has 1 saturated heterocycles. The second kappa shape index (κ2) is 7.23. The zero-order chi connectivity index (χ0) is 13.5. The number of likely N-dealkylation sites (tertiary alicyclic amines) is 1. The highest BCUT2D eigenvalue weighted by molar-refractivity contribution is 5.76. The van der Waals surface area contributed by atoms with Gasteiger partial charge in [0.2, 0.25) is 5.91 Å². The fourth-order valence-electron chi connectivity index (χ4n) is 2.45. The maximum atomic E-state index is 12.1. The van der Waals surface area contributed by atoms with Crippen molar-refractivity contribution in [3.8, 4) is 0 Å². The molecule has 6 heteroatoms. The fourth-order valence-corrected chi connectivity index (χ4v) is 2.45. The first-order chi connectivity index (χ1) is 9.29. The third-order valence-electron chi connectivity index (χ3n) is 3.67. The summed E-state index contributed by atoms with van der Waals surface area (Å²) in [6, 6.07) is 0. The second-order valence-corrected chi connectivity index (χ2v) is 5.04. The van der Waals surface area contributed by atoms with Gasteiger partial charge in [-0.1, -0.05) is 6.92 Å². The molecule has 19 heavy (non-hydrogen) atoms. The Morgan fingerprint density at radius 1 is 1.42 bits per heavy atom. The molecule has 2 rings (SSSR count). The van der Waals surface area contributed by atoms with Gasteiger partial charge in [-0.15, -0.1) is 0 Å². The van der Waals surface area contributed by atoms with E-state index in [1.165, 1.54) is 6.33 Å². The molecule has 0 aromatic carbocycles. The summed E-state index contributed by atoms with van der Waals surface area (Å²) in [5.41, 5.74) is 0. The van der Waals surface area contributed by atoms with Crippen LogP contribution in [0.4, 0.5) is 0 Å². The third kappa shape index (κ3) is 4.31. The zero-order valence-corrected chi connectivity index (χ0v) is 11.6. The van der Waals surface area contributed by atoms with Gasteiger partial charge in [-0.2, -0.15) is 5.10 Å². The van der Waals surface area contributed by atoms with Crippen molar-refractivity contribution in [1.29, 1.82) is 0 Å². The van der Waals surface area contributed by atoms with E-state index in [4.69, 9.17) is 0 Å². The first kappa shape index (κ1) is 14.0. The maximum Gasteiger partial charge on any atom is 0.224 e. The quantitative estimate of drug-likeness (QED) is 0.814. The van der Waals surface area contributed by atoms with Crippen molar-refractivity contribution in [3.63, 3.8) is 0 Å². The van der Waals surface area contributed by atoms with Crippen molar-refractivity contribution in [2.24, 2.45) is 5.92 Å². The Hall–Kier alpha value is -1.43. The molecule has 2 heterocycles. The van der Waals surface area contributed by atoms with E-state index in [0.717, 1.165) is 44.9 Å². The molecule has 0 aliphatic carbocycles. The second-order valence-electron chi connectivity index (χ2n) is 5.04. The molecule has 106 valence electrons.